The van der Waals surface area contributed by atoms with Crippen LogP contribution in [0.4, 0.5) is 0 Å². The quantitative estimate of drug-likeness (QED) is 0.905. The number of pyridine rings is 1. The molecule has 0 amide bonds. The first-order chi connectivity index (χ1) is 10.1. The summed E-state index contributed by atoms with van der Waals surface area (Å²) < 4.78 is 3.61. The van der Waals surface area contributed by atoms with Gasteiger partial charge in [0, 0.05) is 28.8 Å². The highest BCUT2D eigenvalue weighted by atomic mass is 79.9. The highest BCUT2D eigenvalue weighted by Crippen LogP contribution is 2.35. The fourth-order valence-corrected chi connectivity index (χ4v) is 3.57. The maximum Gasteiger partial charge on any atom is 0.338 e. The van der Waals surface area contributed by atoms with E-state index in [1.807, 2.05) is 13.8 Å². The Balaban J connectivity index is 3.13. The number of aryl methyl sites for hydroxylation is 1. The lowest BCUT2D eigenvalue weighted by Crippen LogP contribution is -2.30. The van der Waals surface area contributed by atoms with Crippen LogP contribution in [0.1, 0.15) is 36.3 Å². The van der Waals surface area contributed by atoms with Gasteiger partial charge in [-0.15, -0.1) is 0 Å². The molecule has 0 aliphatic heterocycles. The first-order valence-corrected chi connectivity index (χ1v) is 7.43. The van der Waals surface area contributed by atoms with E-state index in [-0.39, 0.29) is 17.5 Å². The Morgan fingerprint density at radius 2 is 2.09 bits per heavy atom. The first kappa shape index (κ1) is 16.3. The number of carboxylic acids is 1. The summed E-state index contributed by atoms with van der Waals surface area (Å²) in [6.45, 7) is 5.29. The molecule has 7 heteroatoms. The zero-order valence-electron chi connectivity index (χ0n) is 12.8. The Kier molecular flexibility index (Phi) is 3.92. The second kappa shape index (κ2) is 5.29. The molecule has 0 saturated carbocycles. The molecule has 0 spiro atoms. The largest absolute Gasteiger partial charge is 0.478 e. The fourth-order valence-electron chi connectivity index (χ4n) is 2.88. The van der Waals surface area contributed by atoms with Crippen molar-refractivity contribution in [3.8, 4) is 6.07 Å². The van der Waals surface area contributed by atoms with Gasteiger partial charge in [-0.25, -0.2) is 4.79 Å². The predicted molar refractivity (Wildman–Crippen MR) is 86.1 cm³/mol. The molecule has 6 nitrogen and oxygen atoms in total. The molecule has 0 unspecified atom stereocenters. The zero-order chi connectivity index (χ0) is 16.8. The summed E-state index contributed by atoms with van der Waals surface area (Å²) in [4.78, 5) is 24.3. The van der Waals surface area contributed by atoms with E-state index in [4.69, 9.17) is 5.26 Å². The van der Waals surface area contributed by atoms with Gasteiger partial charge in [0.2, 0.25) is 0 Å². The van der Waals surface area contributed by atoms with Crippen LogP contribution in [0.5, 0.6) is 0 Å². The molecule has 0 aliphatic carbocycles. The van der Waals surface area contributed by atoms with Crippen LogP contribution in [0, 0.1) is 18.3 Å². The van der Waals surface area contributed by atoms with Crippen LogP contribution >= 0.6 is 15.9 Å². The number of aromatic nitrogens is 2. The summed E-state index contributed by atoms with van der Waals surface area (Å²) in [5, 5.41) is 19.0. The average Bonchev–Trinajstić information content (AvgIpc) is 2.70. The van der Waals surface area contributed by atoms with Gasteiger partial charge >= 0.3 is 5.97 Å². The number of halogens is 1. The van der Waals surface area contributed by atoms with E-state index in [1.54, 1.807) is 24.7 Å². The Labute approximate surface area is 135 Å². The fraction of sp³-hybridized carbons (Fsp3) is 0.400. The Morgan fingerprint density at radius 1 is 1.50 bits per heavy atom. The van der Waals surface area contributed by atoms with Crippen molar-refractivity contribution in [1.82, 2.24) is 9.13 Å². The van der Waals surface area contributed by atoms with Gasteiger partial charge in [0.25, 0.3) is 5.56 Å². The minimum Gasteiger partial charge on any atom is -0.478 e. The smallest absolute Gasteiger partial charge is 0.338 e. The number of carbonyl (C=O) groups is 1. The van der Waals surface area contributed by atoms with Gasteiger partial charge in [-0.3, -0.25) is 4.79 Å². The standard InChI is InChI=1S/C15H16BrN3O3/c1-8-10(14(21)22)11-9(16)7-18(4)13(20)12(11)19(8)15(2,3)5-6-17/h7H,5H2,1-4H3,(H,21,22). The van der Waals surface area contributed by atoms with Gasteiger partial charge in [-0.2, -0.15) is 5.26 Å². The van der Waals surface area contributed by atoms with Crippen LogP contribution < -0.4 is 5.56 Å². The number of fused-ring (bicyclic) bond motifs is 1. The Morgan fingerprint density at radius 3 is 2.59 bits per heavy atom. The third-order valence-corrected chi connectivity index (χ3v) is 4.41. The molecule has 2 rings (SSSR count). The topological polar surface area (TPSA) is 88.0 Å². The van der Waals surface area contributed by atoms with Crippen LogP contribution in [0.15, 0.2) is 15.5 Å². The predicted octanol–water partition coefficient (Wildman–Crippen LogP) is 2.76. The number of nitrogens with zero attached hydrogens (tertiary/aromatic N) is 3. The van der Waals surface area contributed by atoms with Crippen molar-refractivity contribution in [3.63, 3.8) is 0 Å². The van der Waals surface area contributed by atoms with E-state index >= 15 is 0 Å². The van der Waals surface area contributed by atoms with E-state index in [1.165, 1.54) is 4.57 Å². The van der Waals surface area contributed by atoms with Gasteiger partial charge in [-0.05, 0) is 36.7 Å². The zero-order valence-corrected chi connectivity index (χ0v) is 14.4. The van der Waals surface area contributed by atoms with E-state index in [0.29, 0.717) is 21.1 Å². The lowest BCUT2D eigenvalue weighted by Gasteiger charge is -2.27. The van der Waals surface area contributed by atoms with Crippen molar-refractivity contribution in [3.05, 3.63) is 32.3 Å². The van der Waals surface area contributed by atoms with Gasteiger partial charge in [-0.1, -0.05) is 0 Å². The molecule has 2 heterocycles. The van der Waals surface area contributed by atoms with Gasteiger partial charge in [0.05, 0.1) is 23.6 Å². The Hall–Kier alpha value is -2.07. The van der Waals surface area contributed by atoms with Crippen LogP contribution in [0.3, 0.4) is 0 Å². The summed E-state index contributed by atoms with van der Waals surface area (Å²) in [7, 11) is 1.61. The van der Waals surface area contributed by atoms with Crippen LogP contribution in [-0.2, 0) is 12.6 Å². The molecule has 1 N–H and O–H groups in total. The van der Waals surface area contributed by atoms with E-state index in [9.17, 15) is 14.7 Å². The highest BCUT2D eigenvalue weighted by Gasteiger charge is 2.31. The summed E-state index contributed by atoms with van der Waals surface area (Å²) >= 11 is 3.35. The molecular weight excluding hydrogens is 350 g/mol. The minimum atomic E-state index is -1.09. The van der Waals surface area contributed by atoms with Crippen molar-refractivity contribution in [2.24, 2.45) is 7.05 Å². The SMILES string of the molecule is Cc1c(C(=O)O)c2c(Br)cn(C)c(=O)c2n1C(C)(C)CC#N. The maximum atomic E-state index is 12.6. The van der Waals surface area contributed by atoms with Crippen molar-refractivity contribution in [2.75, 3.05) is 0 Å². The minimum absolute atomic E-state index is 0.0885. The molecule has 0 aromatic carbocycles. The first-order valence-electron chi connectivity index (χ1n) is 6.64. The molecule has 2 aromatic heterocycles. The van der Waals surface area contributed by atoms with Crippen LogP contribution in [-0.4, -0.2) is 20.2 Å². The van der Waals surface area contributed by atoms with Crippen molar-refractivity contribution in [2.45, 2.75) is 32.7 Å². The maximum absolute atomic E-state index is 12.6. The molecule has 0 fully saturated rings. The lowest BCUT2D eigenvalue weighted by molar-refractivity contribution is 0.0697. The van der Waals surface area contributed by atoms with E-state index < -0.39 is 11.5 Å². The number of rotatable bonds is 3. The van der Waals surface area contributed by atoms with E-state index in [2.05, 4.69) is 22.0 Å². The molecule has 0 saturated heterocycles. The third-order valence-electron chi connectivity index (χ3n) is 3.81. The summed E-state index contributed by atoms with van der Waals surface area (Å²) in [6.07, 6.45) is 1.71. The molecule has 0 radical (unpaired) electrons. The lowest BCUT2D eigenvalue weighted by atomic mass is 10.0. The molecular formula is C15H16BrN3O3. The van der Waals surface area contributed by atoms with Gasteiger partial charge in [0.1, 0.15) is 5.52 Å². The third kappa shape index (κ3) is 2.24. The number of carboxylic acid groups (broad SMARTS) is 1. The van der Waals surface area contributed by atoms with Crippen LogP contribution in [0.25, 0.3) is 10.9 Å². The second-order valence-electron chi connectivity index (χ2n) is 5.86. The number of hydrogen-bond donors (Lipinski definition) is 1. The normalized spacial score (nSPS) is 11.6. The summed E-state index contributed by atoms with van der Waals surface area (Å²) in [5.74, 6) is -1.09. The average molecular weight is 366 g/mol. The molecule has 116 valence electrons. The van der Waals surface area contributed by atoms with Crippen molar-refractivity contribution >= 4 is 32.8 Å². The number of hydrogen-bond acceptors (Lipinski definition) is 3. The second-order valence-corrected chi connectivity index (χ2v) is 6.72. The van der Waals surface area contributed by atoms with Crippen molar-refractivity contribution < 1.29 is 9.90 Å². The van der Waals surface area contributed by atoms with Gasteiger partial charge < -0.3 is 14.2 Å². The summed E-state index contributed by atoms with van der Waals surface area (Å²) in [5.41, 5.74) is -0.137. The van der Waals surface area contributed by atoms with Gasteiger partial charge in [0.15, 0.2) is 0 Å². The molecule has 22 heavy (non-hydrogen) atoms. The van der Waals surface area contributed by atoms with E-state index in [0.717, 1.165) is 0 Å². The summed E-state index contributed by atoms with van der Waals surface area (Å²) in [6, 6.07) is 2.10. The van der Waals surface area contributed by atoms with Crippen LogP contribution in [0.2, 0.25) is 0 Å². The molecule has 2 aromatic rings. The number of nitriles is 1. The molecule has 0 atom stereocenters. The Bertz CT molecular complexity index is 884. The highest BCUT2D eigenvalue weighted by molar-refractivity contribution is 9.10. The monoisotopic (exact) mass is 365 g/mol. The van der Waals surface area contributed by atoms with Crippen molar-refractivity contribution in [1.29, 1.82) is 5.26 Å². The molecule has 0 aliphatic rings. The number of aromatic carboxylic acids is 1. The molecule has 0 bridgehead atoms.